The van der Waals surface area contributed by atoms with Gasteiger partial charge in [0.05, 0.1) is 23.5 Å². The van der Waals surface area contributed by atoms with Crippen molar-refractivity contribution in [1.29, 1.82) is 0 Å². The molecule has 204 valence electrons. The number of rotatable bonds is 5. The van der Waals surface area contributed by atoms with E-state index in [1.54, 1.807) is 4.57 Å². The summed E-state index contributed by atoms with van der Waals surface area (Å²) in [4.78, 5) is 34.5. The van der Waals surface area contributed by atoms with Crippen LogP contribution in [0, 0.1) is 5.82 Å². The zero-order chi connectivity index (χ0) is 28.3. The van der Waals surface area contributed by atoms with Gasteiger partial charge in [-0.15, -0.1) is 0 Å². The molecule has 1 atom stereocenters. The van der Waals surface area contributed by atoms with E-state index in [4.69, 9.17) is 9.73 Å². The zero-order valence-electron chi connectivity index (χ0n) is 23.0. The molecule has 0 radical (unpaired) electrons. The number of allylic oxidation sites excluding steroid dienone is 2. The number of carboxylic acid groups (broad SMARTS) is 1. The first-order valence-electron chi connectivity index (χ1n) is 12.6. The molecule has 1 fully saturated rings. The largest absolute Gasteiger partial charge is 0.487 e. The molecule has 9 nitrogen and oxygen atoms in total. The molecule has 0 bridgehead atoms. The molecular formula is C27H40FN5O4. The maximum absolute atomic E-state index is 15.2. The monoisotopic (exact) mass is 517 g/mol. The minimum absolute atomic E-state index is 0.0120. The number of aromatic nitrogens is 1. The second-order valence-electron chi connectivity index (χ2n) is 7.75. The number of nitrogens with zero attached hydrogens (tertiary/aromatic N) is 4. The van der Waals surface area contributed by atoms with E-state index >= 15 is 4.39 Å². The van der Waals surface area contributed by atoms with E-state index in [9.17, 15) is 14.7 Å². The first-order chi connectivity index (χ1) is 17.8. The summed E-state index contributed by atoms with van der Waals surface area (Å²) in [5.41, 5.74) is 5.72. The zero-order valence-corrected chi connectivity index (χ0v) is 23.0. The lowest BCUT2D eigenvalue weighted by Crippen LogP contribution is -2.28. The Morgan fingerprint density at radius 2 is 1.89 bits per heavy atom. The minimum atomic E-state index is -1.33. The second kappa shape index (κ2) is 14.9. The van der Waals surface area contributed by atoms with Gasteiger partial charge in [0.15, 0.2) is 11.6 Å². The van der Waals surface area contributed by atoms with Crippen LogP contribution in [0.2, 0.25) is 0 Å². The molecule has 1 saturated heterocycles. The number of nitrogens with two attached hydrogens (primary N) is 1. The Morgan fingerprint density at radius 3 is 2.49 bits per heavy atom. The highest BCUT2D eigenvalue weighted by Crippen LogP contribution is 2.41. The number of ether oxygens (including phenoxy) is 1. The molecule has 1 aromatic carbocycles. The van der Waals surface area contributed by atoms with Crippen molar-refractivity contribution in [2.75, 3.05) is 31.6 Å². The number of aliphatic imine (C=N–C) groups is 2. The summed E-state index contributed by atoms with van der Waals surface area (Å²) < 4.78 is 22.7. The SMILES string of the molecule is C=N/C(C)=C\C(C)=NC1CCN(c2c(F)cc3c(=O)c(C(=O)O)cn4c3c2OCC4)C1.CC.CC.CN. The number of carboxylic acids is 1. The van der Waals surface area contributed by atoms with Gasteiger partial charge < -0.3 is 25.0 Å². The fourth-order valence-electron chi connectivity index (χ4n) is 4.22. The number of hydrogen-bond acceptors (Lipinski definition) is 7. The Morgan fingerprint density at radius 1 is 1.24 bits per heavy atom. The molecule has 10 heteroatoms. The molecule has 2 aliphatic heterocycles. The van der Waals surface area contributed by atoms with Crippen molar-refractivity contribution >= 4 is 35.0 Å². The van der Waals surface area contributed by atoms with E-state index in [-0.39, 0.29) is 29.3 Å². The highest BCUT2D eigenvalue weighted by Gasteiger charge is 2.31. The van der Waals surface area contributed by atoms with Gasteiger partial charge in [0.25, 0.3) is 0 Å². The summed E-state index contributed by atoms with van der Waals surface area (Å²) in [7, 11) is 1.50. The van der Waals surface area contributed by atoms with Crippen molar-refractivity contribution in [3.8, 4) is 5.75 Å². The van der Waals surface area contributed by atoms with Gasteiger partial charge in [-0.2, -0.15) is 0 Å². The Kier molecular flexibility index (Phi) is 12.7. The van der Waals surface area contributed by atoms with Gasteiger partial charge in [0.1, 0.15) is 17.9 Å². The third-order valence-electron chi connectivity index (χ3n) is 5.59. The summed E-state index contributed by atoms with van der Waals surface area (Å²) in [6.45, 7) is 16.9. The van der Waals surface area contributed by atoms with E-state index in [1.807, 2.05) is 52.5 Å². The van der Waals surface area contributed by atoms with Crippen molar-refractivity contribution in [2.45, 2.75) is 60.5 Å². The molecule has 0 saturated carbocycles. The predicted molar refractivity (Wildman–Crippen MR) is 150 cm³/mol. The molecule has 0 amide bonds. The third kappa shape index (κ3) is 7.03. The maximum Gasteiger partial charge on any atom is 0.341 e. The Balaban J connectivity index is 0.00000106. The Bertz CT molecular complexity index is 1220. The molecule has 2 aromatic rings. The van der Waals surface area contributed by atoms with Gasteiger partial charge in [0, 0.05) is 30.7 Å². The topological polar surface area (TPSA) is 123 Å². The first kappa shape index (κ1) is 31.5. The highest BCUT2D eigenvalue weighted by atomic mass is 19.1. The van der Waals surface area contributed by atoms with Crippen LogP contribution in [-0.2, 0) is 6.54 Å². The molecule has 4 rings (SSSR count). The third-order valence-corrected chi connectivity index (χ3v) is 5.59. The van der Waals surface area contributed by atoms with Crippen molar-refractivity contribution in [3.63, 3.8) is 0 Å². The fourth-order valence-corrected chi connectivity index (χ4v) is 4.22. The van der Waals surface area contributed by atoms with Crippen LogP contribution >= 0.6 is 0 Å². The van der Waals surface area contributed by atoms with E-state index in [1.165, 1.54) is 13.2 Å². The van der Waals surface area contributed by atoms with E-state index < -0.39 is 17.2 Å². The molecule has 0 aliphatic carbocycles. The lowest BCUT2D eigenvalue weighted by atomic mass is 10.1. The predicted octanol–water partition coefficient (Wildman–Crippen LogP) is 4.50. The smallest absolute Gasteiger partial charge is 0.341 e. The van der Waals surface area contributed by atoms with Crippen LogP contribution in [0.3, 0.4) is 0 Å². The second-order valence-corrected chi connectivity index (χ2v) is 7.75. The number of benzene rings is 1. The van der Waals surface area contributed by atoms with Gasteiger partial charge in [-0.05, 0) is 46.2 Å². The summed E-state index contributed by atoms with van der Waals surface area (Å²) in [5.74, 6) is -1.66. The van der Waals surface area contributed by atoms with E-state index in [2.05, 4.69) is 17.4 Å². The van der Waals surface area contributed by atoms with E-state index in [0.717, 1.165) is 23.9 Å². The first-order valence-corrected chi connectivity index (χ1v) is 12.6. The average Bonchev–Trinajstić information content (AvgIpc) is 3.36. The minimum Gasteiger partial charge on any atom is -0.487 e. The summed E-state index contributed by atoms with van der Waals surface area (Å²) in [6, 6.07) is 1.11. The van der Waals surface area contributed by atoms with Crippen LogP contribution in [-0.4, -0.2) is 60.9 Å². The molecule has 1 aromatic heterocycles. The molecule has 3 heterocycles. The molecular weight excluding hydrogens is 477 g/mol. The quantitative estimate of drug-likeness (QED) is 0.563. The standard InChI is InChI=1S/C22H23FN4O4.2C2H6.CH5N/c1-12(24-3)8-13(2)25-14-4-5-26(10-14)19-17(23)9-15-18-21(19)31-7-6-27(18)11-16(20(15)28)22(29)30;3*1-2/h8-9,11,14H,3-7,10H2,1-2H3,(H,29,30);2*1-2H3;2H2,1H3/b12-8-,25-13?;;;. The lowest BCUT2D eigenvalue weighted by Gasteiger charge is -2.28. The van der Waals surface area contributed by atoms with Crippen LogP contribution in [0.4, 0.5) is 10.1 Å². The van der Waals surface area contributed by atoms with Gasteiger partial charge in [0.2, 0.25) is 5.43 Å². The van der Waals surface area contributed by atoms with Crippen molar-refractivity contribution in [3.05, 3.63) is 45.6 Å². The summed E-state index contributed by atoms with van der Waals surface area (Å²) in [5, 5.41) is 9.34. The normalized spacial score (nSPS) is 16.4. The highest BCUT2D eigenvalue weighted by molar-refractivity contribution is 5.97. The van der Waals surface area contributed by atoms with E-state index in [0.29, 0.717) is 30.8 Å². The molecule has 37 heavy (non-hydrogen) atoms. The van der Waals surface area contributed by atoms with Crippen molar-refractivity contribution in [1.82, 2.24) is 4.57 Å². The van der Waals surface area contributed by atoms with Crippen LogP contribution < -0.4 is 20.8 Å². The van der Waals surface area contributed by atoms with Crippen LogP contribution in [0.5, 0.6) is 5.75 Å². The number of hydrogen-bond donors (Lipinski definition) is 2. The number of pyridine rings is 1. The molecule has 1 unspecified atom stereocenters. The number of halogens is 1. The van der Waals surface area contributed by atoms with Crippen molar-refractivity contribution < 1.29 is 19.0 Å². The van der Waals surface area contributed by atoms with Crippen LogP contribution in [0.1, 0.15) is 58.3 Å². The molecule has 0 spiro atoms. The number of carbonyl (C=O) groups is 1. The number of anilines is 1. The Labute approximate surface area is 218 Å². The summed E-state index contributed by atoms with van der Waals surface area (Å²) >= 11 is 0. The number of aromatic carboxylic acids is 1. The lowest BCUT2D eigenvalue weighted by molar-refractivity contribution is 0.0694. The molecule has 2 aliphatic rings. The van der Waals surface area contributed by atoms with Gasteiger partial charge in [-0.25, -0.2) is 9.18 Å². The summed E-state index contributed by atoms with van der Waals surface area (Å²) in [6.07, 6.45) is 3.90. The van der Waals surface area contributed by atoms with Crippen LogP contribution in [0.25, 0.3) is 10.9 Å². The van der Waals surface area contributed by atoms with Gasteiger partial charge >= 0.3 is 5.97 Å². The fraction of sp³-hybridized carbons (Fsp3) is 0.481. The van der Waals surface area contributed by atoms with Gasteiger partial charge in [-0.3, -0.25) is 14.8 Å². The van der Waals surface area contributed by atoms with Gasteiger partial charge in [-0.1, -0.05) is 27.7 Å². The van der Waals surface area contributed by atoms with Crippen molar-refractivity contribution in [2.24, 2.45) is 15.7 Å². The average molecular weight is 518 g/mol. The maximum atomic E-state index is 15.2. The molecule has 3 N–H and O–H groups in total. The Hall–Kier alpha value is -3.53. The van der Waals surface area contributed by atoms with Crippen LogP contribution in [0.15, 0.2) is 38.8 Å².